The van der Waals surface area contributed by atoms with Crippen LogP contribution in [-0.2, 0) is 20.7 Å². The molecule has 2 amide bonds. The van der Waals surface area contributed by atoms with Gasteiger partial charge in [-0.15, -0.1) is 17.9 Å². The van der Waals surface area contributed by atoms with Crippen molar-refractivity contribution >= 4 is 23.2 Å². The lowest BCUT2D eigenvalue weighted by Gasteiger charge is -2.37. The molecule has 1 aliphatic heterocycles. The highest BCUT2D eigenvalue weighted by Crippen LogP contribution is 2.38. The molecule has 0 fully saturated rings. The predicted molar refractivity (Wildman–Crippen MR) is 113 cm³/mol. The maximum absolute atomic E-state index is 13.3. The molecule has 2 heterocycles. The number of carbonyl (C=O) groups excluding carboxylic acids is 2. The van der Waals surface area contributed by atoms with Gasteiger partial charge in [-0.05, 0) is 41.1 Å². The number of amides is 2. The topological polar surface area (TPSA) is 59.1 Å². The minimum atomic E-state index is -0.227. The lowest BCUT2D eigenvalue weighted by molar-refractivity contribution is -0.143. The third-order valence-corrected chi connectivity index (χ3v) is 6.01. The molecule has 29 heavy (non-hydrogen) atoms. The van der Waals surface area contributed by atoms with Gasteiger partial charge in [0.05, 0.1) is 13.2 Å². The monoisotopic (exact) mass is 414 g/mol. The summed E-state index contributed by atoms with van der Waals surface area (Å²) in [6, 6.07) is 9.72. The molecule has 0 spiro atoms. The number of hydrogen-bond donors (Lipinski definition) is 0. The Balaban J connectivity index is 1.88. The third-order valence-electron chi connectivity index (χ3n) is 5.01. The van der Waals surface area contributed by atoms with Crippen molar-refractivity contribution in [3.05, 3.63) is 64.4 Å². The Morgan fingerprint density at radius 1 is 1.28 bits per heavy atom. The second-order valence-corrected chi connectivity index (χ2v) is 7.81. The highest BCUT2D eigenvalue weighted by atomic mass is 32.1. The van der Waals surface area contributed by atoms with Crippen molar-refractivity contribution in [1.82, 2.24) is 9.80 Å². The Morgan fingerprint density at radius 3 is 2.69 bits per heavy atom. The lowest BCUT2D eigenvalue weighted by atomic mass is 9.93. The molecule has 0 saturated carbocycles. The normalized spacial score (nSPS) is 15.5. The molecule has 2 aromatic rings. The van der Waals surface area contributed by atoms with E-state index in [1.54, 1.807) is 24.5 Å². The first-order valence-corrected chi connectivity index (χ1v) is 10.3. The zero-order chi connectivity index (χ0) is 20.8. The number of fused-ring (bicyclic) bond motifs is 1. The van der Waals surface area contributed by atoms with Crippen molar-refractivity contribution < 1.29 is 19.1 Å². The van der Waals surface area contributed by atoms with Crippen molar-refractivity contribution in [3.63, 3.8) is 0 Å². The van der Waals surface area contributed by atoms with Gasteiger partial charge in [0.1, 0.15) is 18.9 Å². The second-order valence-electron chi connectivity index (χ2n) is 6.81. The Hall–Kier alpha value is -2.64. The Morgan fingerprint density at radius 2 is 2.03 bits per heavy atom. The second kappa shape index (κ2) is 9.71. The Bertz CT molecular complexity index is 862. The summed E-state index contributed by atoms with van der Waals surface area (Å²) in [5.41, 5.74) is 2.18. The molecule has 0 aliphatic carbocycles. The Labute approximate surface area is 175 Å². The van der Waals surface area contributed by atoms with Gasteiger partial charge in [-0.1, -0.05) is 18.2 Å². The fourth-order valence-corrected chi connectivity index (χ4v) is 4.51. The van der Waals surface area contributed by atoms with Gasteiger partial charge in [-0.25, -0.2) is 0 Å². The van der Waals surface area contributed by atoms with Crippen LogP contribution >= 0.6 is 11.3 Å². The summed E-state index contributed by atoms with van der Waals surface area (Å²) in [6.07, 6.45) is 2.44. The van der Waals surface area contributed by atoms with Gasteiger partial charge < -0.3 is 19.3 Å². The van der Waals surface area contributed by atoms with E-state index in [-0.39, 0.29) is 31.0 Å². The average Bonchev–Trinajstić information content (AvgIpc) is 3.21. The van der Waals surface area contributed by atoms with E-state index in [9.17, 15) is 9.59 Å². The van der Waals surface area contributed by atoms with E-state index in [2.05, 4.69) is 18.0 Å². The van der Waals surface area contributed by atoms with Crippen LogP contribution in [0.25, 0.3) is 0 Å². The molecule has 1 aliphatic rings. The maximum Gasteiger partial charge on any atom is 0.249 e. The number of hydrogen-bond acceptors (Lipinski definition) is 5. The summed E-state index contributed by atoms with van der Waals surface area (Å²) in [5, 5.41) is 2.07. The highest BCUT2D eigenvalue weighted by molar-refractivity contribution is 7.10. The molecule has 0 bridgehead atoms. The average molecular weight is 415 g/mol. The van der Waals surface area contributed by atoms with Crippen LogP contribution in [0.3, 0.4) is 0 Å². The van der Waals surface area contributed by atoms with Crippen molar-refractivity contribution in [2.24, 2.45) is 0 Å². The highest BCUT2D eigenvalue weighted by Gasteiger charge is 2.33. The molecule has 0 saturated heterocycles. The molecule has 0 unspecified atom stereocenters. The van der Waals surface area contributed by atoms with Crippen LogP contribution in [0.4, 0.5) is 0 Å². The number of rotatable bonds is 8. The standard InChI is InChI=1S/C22H26N2O4S/c1-4-11-23(21(26)15-27-2)14-20(25)24-12-9-19-18(10-13-29-19)22(24)16-5-7-17(28-3)8-6-16/h4-8,10,13,22H,1,9,11-12,14-15H2,2-3H3/t22-/m1/s1. The minimum absolute atomic E-state index is 0.000336. The van der Waals surface area contributed by atoms with E-state index in [1.165, 1.54) is 16.9 Å². The molecule has 1 atom stereocenters. The van der Waals surface area contributed by atoms with Gasteiger partial charge in [-0.3, -0.25) is 9.59 Å². The van der Waals surface area contributed by atoms with Crippen LogP contribution in [0.15, 0.2) is 48.4 Å². The smallest absolute Gasteiger partial charge is 0.249 e. The van der Waals surface area contributed by atoms with E-state index in [0.29, 0.717) is 13.1 Å². The number of thiophene rings is 1. The van der Waals surface area contributed by atoms with Crippen molar-refractivity contribution in [3.8, 4) is 5.75 Å². The first-order valence-electron chi connectivity index (χ1n) is 9.46. The SMILES string of the molecule is C=CCN(CC(=O)N1CCc2sccc2[C@H]1c1ccc(OC)cc1)C(=O)COC. The van der Waals surface area contributed by atoms with E-state index in [0.717, 1.165) is 23.3 Å². The van der Waals surface area contributed by atoms with Crippen molar-refractivity contribution in [2.45, 2.75) is 12.5 Å². The van der Waals surface area contributed by atoms with Crippen LogP contribution in [0.5, 0.6) is 5.75 Å². The molecular weight excluding hydrogens is 388 g/mol. The maximum atomic E-state index is 13.3. The Kier molecular flexibility index (Phi) is 7.06. The van der Waals surface area contributed by atoms with Gasteiger partial charge in [0.15, 0.2) is 0 Å². The molecule has 1 aromatic carbocycles. The summed E-state index contributed by atoms with van der Waals surface area (Å²) in [7, 11) is 3.10. The van der Waals surface area contributed by atoms with Gasteiger partial charge in [0.2, 0.25) is 11.8 Å². The molecule has 0 N–H and O–H groups in total. The van der Waals surface area contributed by atoms with Crippen molar-refractivity contribution in [2.75, 3.05) is 40.5 Å². The van der Waals surface area contributed by atoms with Crippen LogP contribution in [0.2, 0.25) is 0 Å². The molecule has 1 aromatic heterocycles. The van der Waals surface area contributed by atoms with E-state index >= 15 is 0 Å². The van der Waals surface area contributed by atoms with Gasteiger partial charge in [-0.2, -0.15) is 0 Å². The van der Waals surface area contributed by atoms with Crippen LogP contribution in [-0.4, -0.2) is 62.1 Å². The summed E-state index contributed by atoms with van der Waals surface area (Å²) < 4.78 is 10.2. The zero-order valence-electron chi connectivity index (χ0n) is 16.8. The largest absolute Gasteiger partial charge is 0.497 e. The summed E-state index contributed by atoms with van der Waals surface area (Å²) >= 11 is 1.72. The van der Waals surface area contributed by atoms with E-state index < -0.39 is 0 Å². The first-order chi connectivity index (χ1) is 14.1. The molecule has 3 rings (SSSR count). The summed E-state index contributed by atoms with van der Waals surface area (Å²) in [5.74, 6) is 0.458. The molecule has 6 nitrogen and oxygen atoms in total. The number of nitrogens with zero attached hydrogens (tertiary/aromatic N) is 2. The van der Waals surface area contributed by atoms with Gasteiger partial charge >= 0.3 is 0 Å². The molecular formula is C22H26N2O4S. The first kappa shape index (κ1) is 21.1. The van der Waals surface area contributed by atoms with Crippen molar-refractivity contribution in [1.29, 1.82) is 0 Å². The minimum Gasteiger partial charge on any atom is -0.497 e. The third kappa shape index (κ3) is 4.68. The van der Waals surface area contributed by atoms with Crippen LogP contribution < -0.4 is 4.74 Å². The summed E-state index contributed by atoms with van der Waals surface area (Å²) in [6.45, 7) is 4.56. The zero-order valence-corrected chi connectivity index (χ0v) is 17.6. The van der Waals surface area contributed by atoms with E-state index in [4.69, 9.17) is 9.47 Å². The predicted octanol–water partition coefficient (Wildman–Crippen LogP) is 2.89. The quantitative estimate of drug-likeness (QED) is 0.624. The van der Waals surface area contributed by atoms with Gasteiger partial charge in [0.25, 0.3) is 0 Å². The number of benzene rings is 1. The number of methoxy groups -OCH3 is 2. The van der Waals surface area contributed by atoms with Crippen LogP contribution in [0, 0.1) is 0 Å². The number of ether oxygens (including phenoxy) is 2. The lowest BCUT2D eigenvalue weighted by Crippen LogP contribution is -2.47. The molecule has 0 radical (unpaired) electrons. The molecule has 7 heteroatoms. The summed E-state index contributed by atoms with van der Waals surface area (Å²) in [4.78, 5) is 30.2. The fourth-order valence-electron chi connectivity index (χ4n) is 3.61. The van der Waals surface area contributed by atoms with E-state index in [1.807, 2.05) is 29.2 Å². The molecule has 154 valence electrons. The number of carbonyl (C=O) groups is 2. The van der Waals surface area contributed by atoms with Gasteiger partial charge in [0, 0.05) is 25.1 Å². The van der Waals surface area contributed by atoms with Crippen LogP contribution in [0.1, 0.15) is 22.0 Å². The fraction of sp³-hybridized carbons (Fsp3) is 0.364.